The number of fused-ring (bicyclic) bond motifs is 3. The molecule has 7 rings (SSSR count). The number of piperidine rings is 1. The van der Waals surface area contributed by atoms with Crippen molar-refractivity contribution in [3.63, 3.8) is 0 Å². The van der Waals surface area contributed by atoms with Gasteiger partial charge in [-0.15, -0.1) is 0 Å². The molecule has 35 heavy (non-hydrogen) atoms. The molecule has 2 bridgehead atoms. The number of nitrogens with one attached hydrogen (secondary N) is 1. The molecule has 6 unspecified atom stereocenters. The molecule has 7 heteroatoms. The third kappa shape index (κ3) is 3.37. The topological polar surface area (TPSA) is 86.9 Å². The van der Waals surface area contributed by atoms with E-state index in [-0.39, 0.29) is 23.3 Å². The van der Waals surface area contributed by atoms with Crippen LogP contribution in [0.15, 0.2) is 24.4 Å². The van der Waals surface area contributed by atoms with Gasteiger partial charge in [0.25, 0.3) is 5.91 Å². The number of pyridine rings is 1. The van der Waals surface area contributed by atoms with E-state index in [0.717, 1.165) is 37.0 Å². The largest absolute Gasteiger partial charge is 0.388 e. The smallest absolute Gasteiger partial charge is 0.274 e. The van der Waals surface area contributed by atoms with Gasteiger partial charge in [-0.25, -0.2) is 4.98 Å². The Labute approximate surface area is 206 Å². The molecular weight excluding hydrogens is 440 g/mol. The van der Waals surface area contributed by atoms with E-state index < -0.39 is 5.60 Å². The zero-order valence-electron chi connectivity index (χ0n) is 20.8. The Morgan fingerprint density at radius 3 is 2.91 bits per heavy atom. The number of rotatable bonds is 5. The second kappa shape index (κ2) is 7.09. The summed E-state index contributed by atoms with van der Waals surface area (Å²) in [7, 11) is 0. The lowest BCUT2D eigenvalue weighted by atomic mass is 9.69. The molecule has 3 heterocycles. The maximum atomic E-state index is 13.4. The minimum atomic E-state index is -0.965. The molecule has 4 aliphatic carbocycles. The molecule has 2 aromatic heterocycles. The van der Waals surface area contributed by atoms with Gasteiger partial charge in [0.05, 0.1) is 11.6 Å². The maximum absolute atomic E-state index is 13.4. The number of aromatic nitrogens is 2. The van der Waals surface area contributed by atoms with E-state index in [0.29, 0.717) is 35.5 Å². The molecule has 5 fully saturated rings. The van der Waals surface area contributed by atoms with Crippen LogP contribution in [0, 0.1) is 28.6 Å². The molecule has 7 nitrogen and oxygen atoms in total. The normalized spacial score (nSPS) is 37.1. The van der Waals surface area contributed by atoms with E-state index in [1.165, 1.54) is 32.1 Å². The lowest BCUT2D eigenvalue weighted by Crippen LogP contribution is -2.54. The number of carbonyl (C=O) groups is 2. The quantitative estimate of drug-likeness (QED) is 0.675. The number of anilines is 1. The Hall–Kier alpha value is -2.41. The van der Waals surface area contributed by atoms with Crippen LogP contribution in [-0.2, 0) is 4.79 Å². The standard InChI is InChI=1S/C28H36N4O3/c1-26(2,35)21-6-3-4-9-31(21)25(34)20-15-32-22(29-20)7-5-8-23(32)30-24(33)14-27-11-17-10-19(17)28(16-27)13-18(28)12-27/h5,7-8,15,17-19,21,35H,3-4,6,9-14,16H2,1-2H3,(H,30,33). The fourth-order valence-electron chi connectivity index (χ4n) is 8.67. The highest BCUT2D eigenvalue weighted by Crippen LogP contribution is 2.84. The summed E-state index contributed by atoms with van der Waals surface area (Å²) in [5.41, 5.74) is 0.840. The molecule has 4 saturated carbocycles. The molecule has 6 atom stereocenters. The number of hydrogen-bond acceptors (Lipinski definition) is 4. The Bertz CT molecular complexity index is 1230. The van der Waals surface area contributed by atoms with Crippen LogP contribution >= 0.6 is 0 Å². The van der Waals surface area contributed by atoms with Crippen LogP contribution in [-0.4, -0.2) is 49.4 Å². The van der Waals surface area contributed by atoms with Crippen molar-refractivity contribution < 1.29 is 14.7 Å². The molecule has 5 aliphatic rings. The molecule has 2 N–H and O–H groups in total. The Balaban J connectivity index is 1.10. The minimum absolute atomic E-state index is 0.0766. The fourth-order valence-corrected chi connectivity index (χ4v) is 8.67. The fraction of sp³-hybridized carbons (Fsp3) is 0.679. The van der Waals surface area contributed by atoms with E-state index >= 15 is 0 Å². The first-order valence-electron chi connectivity index (χ1n) is 13.5. The molecule has 2 aromatic rings. The Morgan fingerprint density at radius 2 is 2.09 bits per heavy atom. The van der Waals surface area contributed by atoms with Crippen LogP contribution in [0.4, 0.5) is 5.82 Å². The SMILES string of the molecule is CC(C)(O)C1CCCCN1C(=O)c1cn2c(NC(=O)CC34CC5CC5C5(CC5C3)C4)cccc2n1. The highest BCUT2D eigenvalue weighted by Gasteiger charge is 2.76. The van der Waals surface area contributed by atoms with Gasteiger partial charge in [-0.05, 0) is 106 Å². The van der Waals surface area contributed by atoms with Crippen LogP contribution in [0.5, 0.6) is 0 Å². The number of nitrogens with zero attached hydrogens (tertiary/aromatic N) is 3. The van der Waals surface area contributed by atoms with E-state index in [9.17, 15) is 14.7 Å². The van der Waals surface area contributed by atoms with E-state index in [2.05, 4.69) is 10.3 Å². The molecule has 186 valence electrons. The van der Waals surface area contributed by atoms with Crippen molar-refractivity contribution in [2.24, 2.45) is 28.6 Å². The summed E-state index contributed by atoms with van der Waals surface area (Å²) >= 11 is 0. The van der Waals surface area contributed by atoms with E-state index in [1.54, 1.807) is 24.9 Å². The van der Waals surface area contributed by atoms with Gasteiger partial charge in [0.1, 0.15) is 17.2 Å². The van der Waals surface area contributed by atoms with Crippen LogP contribution in [0.1, 0.15) is 82.1 Å². The molecular formula is C28H36N4O3. The zero-order chi connectivity index (χ0) is 24.2. The first kappa shape index (κ1) is 21.8. The molecule has 1 saturated heterocycles. The highest BCUT2D eigenvalue weighted by atomic mass is 16.3. The Kier molecular flexibility index (Phi) is 4.42. The summed E-state index contributed by atoms with van der Waals surface area (Å²) in [6, 6.07) is 5.39. The molecule has 0 aromatic carbocycles. The van der Waals surface area contributed by atoms with Crippen LogP contribution < -0.4 is 5.32 Å². The van der Waals surface area contributed by atoms with E-state index in [4.69, 9.17) is 0 Å². The van der Waals surface area contributed by atoms with Crippen LogP contribution in [0.3, 0.4) is 0 Å². The first-order chi connectivity index (χ1) is 16.7. The van der Waals surface area contributed by atoms with Crippen molar-refractivity contribution in [1.29, 1.82) is 0 Å². The third-order valence-electron chi connectivity index (χ3n) is 10.1. The monoisotopic (exact) mass is 476 g/mol. The first-order valence-corrected chi connectivity index (χ1v) is 13.5. The second-order valence-corrected chi connectivity index (χ2v) is 13.0. The van der Waals surface area contributed by atoms with Gasteiger partial charge in [0.2, 0.25) is 5.91 Å². The van der Waals surface area contributed by atoms with Gasteiger partial charge in [-0.2, -0.15) is 0 Å². The number of aliphatic hydroxyl groups is 1. The average molecular weight is 477 g/mol. The van der Waals surface area contributed by atoms with Crippen molar-refractivity contribution >= 4 is 23.3 Å². The highest BCUT2D eigenvalue weighted by molar-refractivity contribution is 5.94. The summed E-state index contributed by atoms with van der Waals surface area (Å²) in [4.78, 5) is 33.0. The number of amides is 2. The summed E-state index contributed by atoms with van der Waals surface area (Å²) in [5, 5.41) is 13.8. The lowest BCUT2D eigenvalue weighted by molar-refractivity contribution is -0.119. The molecule has 1 aliphatic heterocycles. The lowest BCUT2D eigenvalue weighted by Gasteiger charge is -2.42. The maximum Gasteiger partial charge on any atom is 0.274 e. The molecule has 1 spiro atoms. The third-order valence-corrected chi connectivity index (χ3v) is 10.1. The Morgan fingerprint density at radius 1 is 1.23 bits per heavy atom. The van der Waals surface area contributed by atoms with Gasteiger partial charge in [-0.3, -0.25) is 14.0 Å². The average Bonchev–Trinajstić information content (AvgIpc) is 3.63. The van der Waals surface area contributed by atoms with Crippen molar-refractivity contribution in [3.8, 4) is 0 Å². The van der Waals surface area contributed by atoms with Crippen molar-refractivity contribution in [2.45, 2.75) is 83.3 Å². The number of imidazole rings is 1. The van der Waals surface area contributed by atoms with Crippen LogP contribution in [0.2, 0.25) is 0 Å². The summed E-state index contributed by atoms with van der Waals surface area (Å²) < 4.78 is 1.82. The molecule has 0 radical (unpaired) electrons. The van der Waals surface area contributed by atoms with Crippen molar-refractivity contribution in [3.05, 3.63) is 30.1 Å². The predicted molar refractivity (Wildman–Crippen MR) is 132 cm³/mol. The number of hydrogen-bond donors (Lipinski definition) is 2. The van der Waals surface area contributed by atoms with E-state index in [1.807, 2.05) is 22.6 Å². The van der Waals surface area contributed by atoms with Crippen molar-refractivity contribution in [2.75, 3.05) is 11.9 Å². The summed E-state index contributed by atoms with van der Waals surface area (Å²) in [6.07, 6.45) is 11.6. The molecule has 2 amide bonds. The van der Waals surface area contributed by atoms with Crippen molar-refractivity contribution in [1.82, 2.24) is 14.3 Å². The van der Waals surface area contributed by atoms with Gasteiger partial charge < -0.3 is 15.3 Å². The minimum Gasteiger partial charge on any atom is -0.388 e. The number of likely N-dealkylation sites (tertiary alicyclic amines) is 1. The van der Waals surface area contributed by atoms with Gasteiger partial charge >= 0.3 is 0 Å². The van der Waals surface area contributed by atoms with Gasteiger partial charge in [0.15, 0.2) is 0 Å². The zero-order valence-corrected chi connectivity index (χ0v) is 20.8. The second-order valence-electron chi connectivity index (χ2n) is 13.0. The summed E-state index contributed by atoms with van der Waals surface area (Å²) in [6.45, 7) is 4.16. The number of carbonyl (C=O) groups excluding carboxylic acids is 2. The van der Waals surface area contributed by atoms with Gasteiger partial charge in [0, 0.05) is 19.2 Å². The predicted octanol–water partition coefficient (Wildman–Crippen LogP) is 4.25. The van der Waals surface area contributed by atoms with Crippen LogP contribution in [0.25, 0.3) is 5.65 Å². The summed E-state index contributed by atoms with van der Waals surface area (Å²) in [5.74, 6) is 3.29. The van der Waals surface area contributed by atoms with Gasteiger partial charge in [-0.1, -0.05) is 6.07 Å².